The molecule has 0 aliphatic rings. The van der Waals surface area contributed by atoms with Gasteiger partial charge in [-0.15, -0.1) is 0 Å². The average Bonchev–Trinajstić information content (AvgIpc) is 2.23. The van der Waals surface area contributed by atoms with Crippen molar-refractivity contribution in [2.75, 3.05) is 12.4 Å². The van der Waals surface area contributed by atoms with E-state index in [-0.39, 0.29) is 9.92 Å². The van der Waals surface area contributed by atoms with Crippen molar-refractivity contribution in [3.05, 3.63) is 20.7 Å². The molecule has 1 aromatic carbocycles. The van der Waals surface area contributed by atoms with Crippen LogP contribution in [0.5, 0.6) is 0 Å². The zero-order chi connectivity index (χ0) is 13.4. The number of halogens is 3. The predicted molar refractivity (Wildman–Crippen MR) is 75.8 cm³/mol. The summed E-state index contributed by atoms with van der Waals surface area (Å²) in [5, 5.41) is 0.0603. The minimum absolute atomic E-state index is 0.0603. The number of sulfone groups is 1. The standard InChI is InChI=1S/C10H12ClFINO2S/c1-10(2,5-12)17(15,16)9-6(11)3-4-7(14)8(9)13/h3-4H,5,14H2,1-2H3. The van der Waals surface area contributed by atoms with Gasteiger partial charge >= 0.3 is 0 Å². The van der Waals surface area contributed by atoms with E-state index in [2.05, 4.69) is 0 Å². The van der Waals surface area contributed by atoms with Gasteiger partial charge in [0.2, 0.25) is 0 Å². The Labute approximate surface area is 119 Å². The van der Waals surface area contributed by atoms with E-state index in [0.29, 0.717) is 9.26 Å². The predicted octanol–water partition coefficient (Wildman–Crippen LogP) is 3.05. The summed E-state index contributed by atoms with van der Waals surface area (Å²) in [5.74, 6) is 0. The molecule has 1 aromatic rings. The van der Waals surface area contributed by atoms with Crippen LogP contribution in [-0.4, -0.2) is 19.8 Å². The third-order valence-corrected chi connectivity index (χ3v) is 6.88. The lowest BCUT2D eigenvalue weighted by atomic mass is 10.2. The van der Waals surface area contributed by atoms with Crippen LogP contribution in [0.4, 0.5) is 10.1 Å². The molecule has 0 atom stereocenters. The van der Waals surface area contributed by atoms with Gasteiger partial charge in [-0.05, 0) is 48.6 Å². The lowest BCUT2D eigenvalue weighted by molar-refractivity contribution is 0.410. The van der Waals surface area contributed by atoms with Crippen LogP contribution in [-0.2, 0) is 9.84 Å². The Bertz CT molecular complexity index is 545. The van der Waals surface area contributed by atoms with E-state index >= 15 is 0 Å². The molecule has 0 saturated heterocycles. The molecule has 1 rings (SSSR count). The third kappa shape index (κ3) is 2.53. The lowest BCUT2D eigenvalue weighted by Gasteiger charge is -2.23. The molecule has 0 aliphatic carbocycles. The number of benzene rings is 1. The Hall–Kier alpha value is -0.0800. The largest absolute Gasteiger partial charge is 0.398 e. The first-order valence-corrected chi connectivity index (χ1v) is 7.63. The molecule has 0 radical (unpaired) electrons. The number of rotatable bonds is 3. The van der Waals surface area contributed by atoms with E-state index in [1.54, 1.807) is 22.6 Å². The van der Waals surface area contributed by atoms with Crippen LogP contribution in [0.25, 0.3) is 0 Å². The summed E-state index contributed by atoms with van der Waals surface area (Å²) in [6, 6.07) is 2.92. The van der Waals surface area contributed by atoms with Gasteiger partial charge in [0.25, 0.3) is 0 Å². The molecule has 0 spiro atoms. The normalized spacial score (nSPS) is 12.8. The topological polar surface area (TPSA) is 60.2 Å². The number of nitrogens with two attached hydrogens (primary N) is 1. The highest BCUT2D eigenvalue weighted by Crippen LogP contribution is 2.36. The highest BCUT2D eigenvalue weighted by Gasteiger charge is 2.39. The third-order valence-electron chi connectivity index (χ3n) is 2.40. The van der Waals surface area contributed by atoms with Crippen molar-refractivity contribution in [1.29, 1.82) is 0 Å². The Balaban J connectivity index is 3.61. The second kappa shape index (κ2) is 4.89. The first-order chi connectivity index (χ1) is 7.65. The number of anilines is 1. The van der Waals surface area contributed by atoms with E-state index in [1.165, 1.54) is 26.0 Å². The van der Waals surface area contributed by atoms with E-state index in [9.17, 15) is 12.8 Å². The molecule has 3 nitrogen and oxygen atoms in total. The highest BCUT2D eigenvalue weighted by atomic mass is 127. The lowest BCUT2D eigenvalue weighted by Crippen LogP contribution is -2.35. The van der Waals surface area contributed by atoms with Crippen LogP contribution in [0, 0.1) is 3.57 Å². The first-order valence-electron chi connectivity index (χ1n) is 4.69. The molecule has 0 bridgehead atoms. The van der Waals surface area contributed by atoms with Crippen LogP contribution in [0.15, 0.2) is 17.0 Å². The fraction of sp³-hybridized carbons (Fsp3) is 0.400. The van der Waals surface area contributed by atoms with Crippen LogP contribution < -0.4 is 5.73 Å². The summed E-state index contributed by atoms with van der Waals surface area (Å²) in [6.45, 7) is 1.65. The van der Waals surface area contributed by atoms with E-state index in [4.69, 9.17) is 17.3 Å². The van der Waals surface area contributed by atoms with Gasteiger partial charge < -0.3 is 5.73 Å². The second-order valence-electron chi connectivity index (χ2n) is 4.18. The summed E-state index contributed by atoms with van der Waals surface area (Å²) in [6.07, 6.45) is 0. The van der Waals surface area contributed by atoms with E-state index < -0.39 is 21.3 Å². The fourth-order valence-corrected chi connectivity index (χ4v) is 4.48. The van der Waals surface area contributed by atoms with Crippen molar-refractivity contribution in [3.63, 3.8) is 0 Å². The Morgan fingerprint density at radius 3 is 2.47 bits per heavy atom. The molecule has 0 heterocycles. The minimum atomic E-state index is -3.87. The zero-order valence-electron chi connectivity index (χ0n) is 9.30. The summed E-state index contributed by atoms with van der Waals surface area (Å²) in [5.41, 5.74) is 5.96. The number of alkyl halides is 1. The molecule has 0 unspecified atom stereocenters. The summed E-state index contributed by atoms with van der Waals surface area (Å²) < 4.78 is 36.3. The maximum atomic E-state index is 12.9. The van der Waals surface area contributed by atoms with Gasteiger partial charge in [0, 0.05) is 5.69 Å². The monoisotopic (exact) mass is 391 g/mol. The SMILES string of the molecule is CC(C)(CF)S(=O)(=O)c1c(Cl)ccc(N)c1I. The molecular formula is C10H12ClFINO2S. The molecule has 0 amide bonds. The Morgan fingerprint density at radius 2 is 2.00 bits per heavy atom. The molecule has 17 heavy (non-hydrogen) atoms. The van der Waals surface area contributed by atoms with Crippen molar-refractivity contribution < 1.29 is 12.8 Å². The van der Waals surface area contributed by atoms with E-state index in [1.807, 2.05) is 0 Å². The van der Waals surface area contributed by atoms with Crippen LogP contribution >= 0.6 is 34.2 Å². The van der Waals surface area contributed by atoms with Crippen LogP contribution in [0.2, 0.25) is 5.02 Å². The zero-order valence-corrected chi connectivity index (χ0v) is 13.0. The van der Waals surface area contributed by atoms with Crippen molar-refractivity contribution in [2.24, 2.45) is 0 Å². The van der Waals surface area contributed by atoms with Crippen molar-refractivity contribution >= 4 is 49.7 Å². The van der Waals surface area contributed by atoms with Crippen molar-refractivity contribution in [1.82, 2.24) is 0 Å². The molecule has 0 fully saturated rings. The second-order valence-corrected chi connectivity index (χ2v) is 8.18. The summed E-state index contributed by atoms with van der Waals surface area (Å²) in [4.78, 5) is -0.0950. The molecule has 0 aromatic heterocycles. The van der Waals surface area contributed by atoms with Crippen molar-refractivity contribution in [2.45, 2.75) is 23.5 Å². The van der Waals surface area contributed by atoms with Gasteiger partial charge in [0.15, 0.2) is 9.84 Å². The molecule has 0 saturated carbocycles. The smallest absolute Gasteiger partial charge is 0.188 e. The molecule has 96 valence electrons. The van der Waals surface area contributed by atoms with Gasteiger partial charge in [-0.1, -0.05) is 11.6 Å². The number of hydrogen-bond acceptors (Lipinski definition) is 3. The Morgan fingerprint density at radius 1 is 1.47 bits per heavy atom. The highest BCUT2D eigenvalue weighted by molar-refractivity contribution is 14.1. The maximum absolute atomic E-state index is 12.9. The van der Waals surface area contributed by atoms with Gasteiger partial charge in [0.05, 0.1) is 13.3 Å². The quantitative estimate of drug-likeness (QED) is 0.636. The maximum Gasteiger partial charge on any atom is 0.188 e. The summed E-state index contributed by atoms with van der Waals surface area (Å²) in [7, 11) is -3.87. The molecule has 0 aliphatic heterocycles. The van der Waals surface area contributed by atoms with Crippen LogP contribution in [0.1, 0.15) is 13.8 Å². The molecule has 7 heteroatoms. The first kappa shape index (κ1) is 15.0. The Kier molecular flexibility index (Phi) is 4.31. The van der Waals surface area contributed by atoms with Gasteiger partial charge in [0.1, 0.15) is 11.6 Å². The average molecular weight is 392 g/mol. The van der Waals surface area contributed by atoms with Gasteiger partial charge in [-0.2, -0.15) is 0 Å². The molecule has 2 N–H and O–H groups in total. The van der Waals surface area contributed by atoms with Gasteiger partial charge in [-0.3, -0.25) is 0 Å². The van der Waals surface area contributed by atoms with E-state index in [0.717, 1.165) is 0 Å². The summed E-state index contributed by atoms with van der Waals surface area (Å²) >= 11 is 7.69. The number of hydrogen-bond donors (Lipinski definition) is 1. The number of nitrogen functional groups attached to an aromatic ring is 1. The van der Waals surface area contributed by atoms with Crippen molar-refractivity contribution in [3.8, 4) is 0 Å². The van der Waals surface area contributed by atoms with Gasteiger partial charge in [-0.25, -0.2) is 12.8 Å². The van der Waals surface area contributed by atoms with Crippen LogP contribution in [0.3, 0.4) is 0 Å². The minimum Gasteiger partial charge on any atom is -0.398 e. The molecular weight excluding hydrogens is 380 g/mol. The fourth-order valence-electron chi connectivity index (χ4n) is 1.14.